The number of nitrogens with zero attached hydrogens (tertiary/aromatic N) is 1. The molecule has 9 nitrogen and oxygen atoms in total. The molecular weight excluding hydrogens is 329 g/mol. The summed E-state index contributed by atoms with van der Waals surface area (Å²) in [5.41, 5.74) is -1.21. The Labute approximate surface area is 120 Å². The molecule has 0 aliphatic heterocycles. The third-order valence-corrected chi connectivity index (χ3v) is 4.61. The highest BCUT2D eigenvalue weighted by atomic mass is 32.2. The van der Waals surface area contributed by atoms with Crippen molar-refractivity contribution in [1.29, 1.82) is 0 Å². The minimum absolute atomic E-state index is 0.226. The van der Waals surface area contributed by atoms with Crippen molar-refractivity contribution in [2.45, 2.75) is 11.8 Å². The SMILES string of the molecule is Cc1cc(S(=O)(=O)NCCS(N)(=O)=O)cc([N+](=O)[O-])c1F. The fraction of sp³-hybridized carbons (Fsp3) is 0.333. The molecule has 0 atom stereocenters. The van der Waals surface area contributed by atoms with Gasteiger partial charge in [0, 0.05) is 12.6 Å². The molecule has 0 unspecified atom stereocenters. The van der Waals surface area contributed by atoms with Gasteiger partial charge in [0.15, 0.2) is 0 Å². The van der Waals surface area contributed by atoms with Crippen molar-refractivity contribution < 1.29 is 26.1 Å². The van der Waals surface area contributed by atoms with E-state index in [0.29, 0.717) is 6.07 Å². The molecule has 21 heavy (non-hydrogen) atoms. The number of halogens is 1. The zero-order valence-electron chi connectivity index (χ0n) is 10.7. The summed E-state index contributed by atoms with van der Waals surface area (Å²) in [6.07, 6.45) is 0. The van der Waals surface area contributed by atoms with Crippen LogP contribution in [0.2, 0.25) is 0 Å². The van der Waals surface area contributed by atoms with Crippen LogP contribution in [0.4, 0.5) is 10.1 Å². The van der Waals surface area contributed by atoms with Crippen LogP contribution in [0.1, 0.15) is 5.56 Å². The summed E-state index contributed by atoms with van der Waals surface area (Å²) in [7, 11) is -8.08. The Morgan fingerprint density at radius 2 is 1.90 bits per heavy atom. The van der Waals surface area contributed by atoms with Crippen molar-refractivity contribution in [3.63, 3.8) is 0 Å². The second-order valence-corrected chi connectivity index (χ2v) is 7.60. The van der Waals surface area contributed by atoms with Crippen LogP contribution < -0.4 is 9.86 Å². The molecule has 0 bridgehead atoms. The van der Waals surface area contributed by atoms with Crippen LogP contribution in [0.3, 0.4) is 0 Å². The third-order valence-electron chi connectivity index (χ3n) is 2.39. The van der Waals surface area contributed by atoms with E-state index in [1.165, 1.54) is 6.92 Å². The molecule has 1 aromatic rings. The lowest BCUT2D eigenvalue weighted by molar-refractivity contribution is -0.387. The molecule has 0 aliphatic carbocycles. The lowest BCUT2D eigenvalue weighted by atomic mass is 10.2. The Morgan fingerprint density at radius 1 is 1.33 bits per heavy atom. The van der Waals surface area contributed by atoms with Gasteiger partial charge in [0.25, 0.3) is 0 Å². The first-order chi connectivity index (χ1) is 9.44. The van der Waals surface area contributed by atoms with Gasteiger partial charge in [0.2, 0.25) is 25.9 Å². The lowest BCUT2D eigenvalue weighted by Gasteiger charge is -2.07. The van der Waals surface area contributed by atoms with Crippen LogP contribution in [0.15, 0.2) is 17.0 Å². The fourth-order valence-electron chi connectivity index (χ4n) is 1.41. The second-order valence-electron chi connectivity index (χ2n) is 4.10. The van der Waals surface area contributed by atoms with Crippen molar-refractivity contribution >= 4 is 25.7 Å². The van der Waals surface area contributed by atoms with Crippen LogP contribution in [-0.2, 0) is 20.0 Å². The van der Waals surface area contributed by atoms with Gasteiger partial charge in [0.05, 0.1) is 15.6 Å². The maximum Gasteiger partial charge on any atom is 0.306 e. The molecule has 0 fully saturated rings. The minimum Gasteiger partial charge on any atom is -0.258 e. The van der Waals surface area contributed by atoms with Gasteiger partial charge in [-0.3, -0.25) is 10.1 Å². The summed E-state index contributed by atoms with van der Waals surface area (Å²) in [4.78, 5) is 9.06. The van der Waals surface area contributed by atoms with Gasteiger partial charge >= 0.3 is 5.69 Å². The van der Waals surface area contributed by atoms with E-state index in [2.05, 4.69) is 0 Å². The van der Waals surface area contributed by atoms with Gasteiger partial charge in [-0.15, -0.1) is 0 Å². The Kier molecular flexibility index (Phi) is 4.99. The predicted octanol–water partition coefficient (Wildman–Crippen LogP) is -0.391. The molecule has 0 radical (unpaired) electrons. The number of sulfonamides is 2. The fourth-order valence-corrected chi connectivity index (χ4v) is 3.06. The molecule has 0 aliphatic rings. The highest BCUT2D eigenvalue weighted by molar-refractivity contribution is 7.90. The zero-order valence-corrected chi connectivity index (χ0v) is 12.4. The van der Waals surface area contributed by atoms with Crippen LogP contribution in [-0.4, -0.2) is 34.1 Å². The number of nitro benzene ring substituents is 1. The molecule has 1 aromatic carbocycles. The van der Waals surface area contributed by atoms with Crippen LogP contribution in [0, 0.1) is 22.9 Å². The number of nitrogens with one attached hydrogen (secondary N) is 1. The van der Waals surface area contributed by atoms with E-state index in [9.17, 15) is 31.3 Å². The summed E-state index contributed by atoms with van der Waals surface area (Å²) in [6, 6.07) is 1.46. The average Bonchev–Trinajstić information content (AvgIpc) is 2.29. The number of nitrogens with two attached hydrogens (primary N) is 1. The smallest absolute Gasteiger partial charge is 0.258 e. The van der Waals surface area contributed by atoms with Crippen molar-refractivity contribution in [1.82, 2.24) is 4.72 Å². The highest BCUT2D eigenvalue weighted by Crippen LogP contribution is 2.24. The molecule has 0 amide bonds. The van der Waals surface area contributed by atoms with E-state index in [4.69, 9.17) is 5.14 Å². The van der Waals surface area contributed by atoms with E-state index in [1.54, 1.807) is 0 Å². The summed E-state index contributed by atoms with van der Waals surface area (Å²) in [5, 5.41) is 15.4. The Hall–Kier alpha value is -1.63. The molecular formula is C9H12FN3O6S2. The Bertz CT molecular complexity index is 775. The number of primary sulfonamides is 1. The monoisotopic (exact) mass is 341 g/mol. The first-order valence-corrected chi connectivity index (χ1v) is 8.58. The van der Waals surface area contributed by atoms with Gasteiger partial charge in [-0.1, -0.05) is 0 Å². The standard InChI is InChI=1S/C9H12FN3O6S2/c1-6-4-7(5-8(9(6)10)13(14)15)21(18,19)12-2-3-20(11,16)17/h4-5,12H,2-3H2,1H3,(H2,11,16,17). The summed E-state index contributed by atoms with van der Waals surface area (Å²) >= 11 is 0. The van der Waals surface area contributed by atoms with E-state index in [0.717, 1.165) is 6.07 Å². The summed E-state index contributed by atoms with van der Waals surface area (Å²) < 4.78 is 60.5. The summed E-state index contributed by atoms with van der Waals surface area (Å²) in [6.45, 7) is 0.664. The molecule has 0 spiro atoms. The lowest BCUT2D eigenvalue weighted by Crippen LogP contribution is -2.31. The Morgan fingerprint density at radius 3 is 2.38 bits per heavy atom. The largest absolute Gasteiger partial charge is 0.306 e. The van der Waals surface area contributed by atoms with Crippen LogP contribution in [0.25, 0.3) is 0 Å². The number of nitro groups is 1. The van der Waals surface area contributed by atoms with Crippen LogP contribution >= 0.6 is 0 Å². The van der Waals surface area contributed by atoms with Gasteiger partial charge in [-0.05, 0) is 18.6 Å². The predicted molar refractivity (Wildman–Crippen MR) is 71.0 cm³/mol. The first-order valence-electron chi connectivity index (χ1n) is 5.39. The molecule has 0 saturated carbocycles. The molecule has 118 valence electrons. The van der Waals surface area contributed by atoms with Crippen molar-refractivity contribution in [2.75, 3.05) is 12.3 Å². The number of hydrogen-bond acceptors (Lipinski definition) is 6. The third kappa shape index (κ3) is 4.70. The quantitative estimate of drug-likeness (QED) is 0.531. The van der Waals surface area contributed by atoms with E-state index < -0.39 is 53.7 Å². The molecule has 1 rings (SSSR count). The van der Waals surface area contributed by atoms with Gasteiger partial charge < -0.3 is 0 Å². The van der Waals surface area contributed by atoms with Crippen molar-refractivity contribution in [2.24, 2.45) is 5.14 Å². The number of aryl methyl sites for hydroxylation is 1. The number of benzene rings is 1. The molecule has 12 heteroatoms. The van der Waals surface area contributed by atoms with Crippen LogP contribution in [0.5, 0.6) is 0 Å². The Balaban J connectivity index is 3.12. The van der Waals surface area contributed by atoms with Gasteiger partial charge in [-0.25, -0.2) is 26.7 Å². The highest BCUT2D eigenvalue weighted by Gasteiger charge is 2.23. The van der Waals surface area contributed by atoms with E-state index in [1.807, 2.05) is 4.72 Å². The van der Waals surface area contributed by atoms with E-state index >= 15 is 0 Å². The maximum absolute atomic E-state index is 13.5. The maximum atomic E-state index is 13.5. The summed E-state index contributed by atoms with van der Waals surface area (Å²) in [5.74, 6) is -1.78. The molecule has 0 aromatic heterocycles. The first kappa shape index (κ1) is 17.4. The number of rotatable bonds is 6. The molecule has 3 N–H and O–H groups in total. The number of hydrogen-bond donors (Lipinski definition) is 2. The zero-order chi connectivity index (χ0) is 16.4. The molecule has 0 heterocycles. The van der Waals surface area contributed by atoms with Gasteiger partial charge in [0.1, 0.15) is 0 Å². The van der Waals surface area contributed by atoms with Gasteiger partial charge in [-0.2, -0.15) is 4.39 Å². The van der Waals surface area contributed by atoms with Crippen molar-refractivity contribution in [3.8, 4) is 0 Å². The van der Waals surface area contributed by atoms with Crippen molar-refractivity contribution in [3.05, 3.63) is 33.6 Å². The minimum atomic E-state index is -4.22. The second kappa shape index (κ2) is 6.01. The average molecular weight is 341 g/mol. The molecule has 0 saturated heterocycles. The van der Waals surface area contributed by atoms with E-state index in [-0.39, 0.29) is 5.56 Å². The topological polar surface area (TPSA) is 149 Å². The normalized spacial score (nSPS) is 12.3.